The van der Waals surface area contributed by atoms with Crippen molar-refractivity contribution < 1.29 is 9.53 Å². The topological polar surface area (TPSA) is 50.7 Å². The molecule has 4 nitrogen and oxygen atoms in total. The van der Waals surface area contributed by atoms with Crippen LogP contribution in [0.5, 0.6) is 0 Å². The Kier molecular flexibility index (Phi) is 6.42. The molecule has 1 aromatic rings. The van der Waals surface area contributed by atoms with Crippen molar-refractivity contribution in [1.82, 2.24) is 5.43 Å². The summed E-state index contributed by atoms with van der Waals surface area (Å²) in [4.78, 5) is 13.9. The number of nitrogens with zero attached hydrogens (tertiary/aromatic N) is 1. The Labute approximate surface area is 255 Å². The van der Waals surface area contributed by atoms with Crippen molar-refractivity contribution >= 4 is 11.7 Å². The molecule has 1 aliphatic heterocycles. The van der Waals surface area contributed by atoms with E-state index in [4.69, 9.17) is 9.84 Å². The number of hydrazone groups is 1. The van der Waals surface area contributed by atoms with Crippen molar-refractivity contribution in [3.63, 3.8) is 0 Å². The van der Waals surface area contributed by atoms with Gasteiger partial charge >= 0.3 is 5.97 Å². The number of ether oxygens (including phenoxy) is 1. The number of benzene rings is 1. The minimum atomic E-state index is -0.694. The van der Waals surface area contributed by atoms with E-state index in [0.29, 0.717) is 16.7 Å². The van der Waals surface area contributed by atoms with Gasteiger partial charge in [0.1, 0.15) is 5.41 Å². The summed E-state index contributed by atoms with van der Waals surface area (Å²) in [6.45, 7) is 18.0. The van der Waals surface area contributed by atoms with E-state index in [-0.39, 0.29) is 34.7 Å². The van der Waals surface area contributed by atoms with Crippen LogP contribution in [0.15, 0.2) is 35.4 Å². The maximum absolute atomic E-state index is 13.9. The Hall–Kier alpha value is -1.84. The van der Waals surface area contributed by atoms with Crippen LogP contribution in [0.1, 0.15) is 118 Å². The SMILES string of the molecule is COC(=O)[C@@]1(C)C2=NNC(c3ccccc3)C2C[C@]2(C)[C@H]3CC[C@@H]4[C@@H]5[C@@H](C)[C@H](C)CC[C@]5(C)CC[C@@]4(C)[C@]3(C)CC[C@@H]12. The molecule has 1 heterocycles. The molecule has 0 bridgehead atoms. The second kappa shape index (κ2) is 9.33. The normalized spacial score (nSPS) is 52.8. The number of hydrogen-bond donors (Lipinski definition) is 1. The third-order valence-corrected chi connectivity index (χ3v) is 16.0. The molecule has 42 heavy (non-hydrogen) atoms. The average molecular weight is 573 g/mol. The van der Waals surface area contributed by atoms with Gasteiger partial charge in [0.15, 0.2) is 0 Å². The van der Waals surface area contributed by atoms with Gasteiger partial charge in [-0.15, -0.1) is 0 Å². The van der Waals surface area contributed by atoms with Crippen molar-refractivity contribution in [2.75, 3.05) is 7.11 Å². The zero-order valence-electron chi connectivity index (χ0n) is 27.6. The number of carbonyl (C=O) groups excluding carboxylic acids is 1. The highest BCUT2D eigenvalue weighted by Crippen LogP contribution is 2.77. The fourth-order valence-electron chi connectivity index (χ4n) is 13.5. The van der Waals surface area contributed by atoms with E-state index in [0.717, 1.165) is 42.2 Å². The smallest absolute Gasteiger partial charge is 0.317 e. The van der Waals surface area contributed by atoms with Crippen molar-refractivity contribution in [2.45, 2.75) is 112 Å². The van der Waals surface area contributed by atoms with Gasteiger partial charge in [-0.25, -0.2) is 0 Å². The van der Waals surface area contributed by atoms with E-state index in [1.54, 1.807) is 7.11 Å². The van der Waals surface area contributed by atoms with Gasteiger partial charge in [0, 0.05) is 5.92 Å². The molecule has 0 aromatic heterocycles. The fraction of sp³-hybridized carbons (Fsp3) is 0.789. The summed E-state index contributed by atoms with van der Waals surface area (Å²) in [7, 11) is 1.58. The van der Waals surface area contributed by atoms with Crippen LogP contribution in [0.25, 0.3) is 0 Å². The van der Waals surface area contributed by atoms with Crippen molar-refractivity contribution in [2.24, 2.45) is 73.6 Å². The number of rotatable bonds is 2. The summed E-state index contributed by atoms with van der Waals surface area (Å²) >= 11 is 0. The van der Waals surface area contributed by atoms with Gasteiger partial charge in [-0.05, 0) is 127 Å². The molecule has 2 unspecified atom stereocenters. The van der Waals surface area contributed by atoms with Crippen LogP contribution in [0.3, 0.4) is 0 Å². The number of nitrogens with one attached hydrogen (secondary N) is 1. The van der Waals surface area contributed by atoms with Gasteiger partial charge in [-0.1, -0.05) is 71.9 Å². The fourth-order valence-corrected chi connectivity index (χ4v) is 13.5. The van der Waals surface area contributed by atoms with E-state index in [1.807, 2.05) is 0 Å². The maximum atomic E-state index is 13.9. The molecule has 1 aromatic carbocycles. The van der Waals surface area contributed by atoms with Crippen molar-refractivity contribution in [1.29, 1.82) is 0 Å². The lowest BCUT2D eigenvalue weighted by atomic mass is 9.30. The Morgan fingerprint density at radius 3 is 2.33 bits per heavy atom. The molecule has 0 radical (unpaired) electrons. The molecule has 5 saturated carbocycles. The lowest BCUT2D eigenvalue weighted by Gasteiger charge is -2.73. The van der Waals surface area contributed by atoms with E-state index >= 15 is 0 Å². The second-order valence-electron chi connectivity index (χ2n) is 17.2. The van der Waals surface area contributed by atoms with Gasteiger partial charge in [-0.3, -0.25) is 4.79 Å². The molecule has 5 fully saturated rings. The first kappa shape index (κ1) is 28.9. The highest BCUT2D eigenvalue weighted by atomic mass is 16.5. The number of fused-ring (bicyclic) bond motifs is 8. The number of methoxy groups -OCH3 is 1. The molecule has 7 rings (SSSR count). The minimum absolute atomic E-state index is 0.0544. The molecule has 1 N–H and O–H groups in total. The number of hydrogen-bond acceptors (Lipinski definition) is 4. The quantitative estimate of drug-likeness (QED) is 0.360. The first-order valence-corrected chi connectivity index (χ1v) is 17.3. The monoisotopic (exact) mass is 572 g/mol. The standard InChI is InChI=1S/C38H56N2O2/c1-23-16-18-34(3)20-21-36(5)27(30(34)24(23)2)14-15-28-35(4)22-26-31(25-12-10-9-11-13-25)39-40-32(26)38(7,33(41)42-8)29(35)17-19-37(28,36)6/h9-13,23-24,26-31,39H,14-22H2,1-8H3/t23-,24+,26?,27-,28-,29-,30+,31?,34-,35-,36-,37-,38-/m1/s1. The van der Waals surface area contributed by atoms with Gasteiger partial charge < -0.3 is 10.2 Å². The molecule has 13 atom stereocenters. The Balaban J connectivity index is 1.31. The lowest BCUT2D eigenvalue weighted by Crippen LogP contribution is -2.69. The minimum Gasteiger partial charge on any atom is -0.468 e. The van der Waals surface area contributed by atoms with E-state index < -0.39 is 5.41 Å². The van der Waals surface area contributed by atoms with Crippen LogP contribution in [0.2, 0.25) is 0 Å². The summed E-state index contributed by atoms with van der Waals surface area (Å²) in [5.74, 6) is 4.29. The molecule has 0 amide bonds. The first-order valence-electron chi connectivity index (χ1n) is 17.3. The predicted molar refractivity (Wildman–Crippen MR) is 170 cm³/mol. The number of esters is 1. The molecule has 230 valence electrons. The summed E-state index contributed by atoms with van der Waals surface area (Å²) in [6.07, 6.45) is 11.7. The molecule has 6 aliphatic rings. The molecule has 4 heteroatoms. The molecular weight excluding hydrogens is 516 g/mol. The second-order valence-corrected chi connectivity index (χ2v) is 17.2. The third kappa shape index (κ3) is 3.47. The van der Waals surface area contributed by atoms with Crippen LogP contribution in [0, 0.1) is 68.5 Å². The van der Waals surface area contributed by atoms with Crippen molar-refractivity contribution in [3.8, 4) is 0 Å². The third-order valence-electron chi connectivity index (χ3n) is 16.0. The lowest BCUT2D eigenvalue weighted by molar-refractivity contribution is -0.243. The maximum Gasteiger partial charge on any atom is 0.317 e. The zero-order chi connectivity index (χ0) is 29.9. The average Bonchev–Trinajstić information content (AvgIpc) is 3.39. The van der Waals surface area contributed by atoms with Crippen LogP contribution in [0.4, 0.5) is 0 Å². The summed E-state index contributed by atoms with van der Waals surface area (Å²) in [5.41, 5.74) is 6.36. The van der Waals surface area contributed by atoms with Crippen LogP contribution < -0.4 is 5.43 Å². The van der Waals surface area contributed by atoms with E-state index in [2.05, 4.69) is 84.2 Å². The van der Waals surface area contributed by atoms with Crippen LogP contribution in [-0.4, -0.2) is 18.8 Å². The van der Waals surface area contributed by atoms with Crippen molar-refractivity contribution in [3.05, 3.63) is 35.9 Å². The zero-order valence-corrected chi connectivity index (χ0v) is 27.6. The van der Waals surface area contributed by atoms with E-state index in [1.165, 1.54) is 50.5 Å². The van der Waals surface area contributed by atoms with Crippen LogP contribution >= 0.6 is 0 Å². The molecule has 0 spiro atoms. The first-order chi connectivity index (χ1) is 19.8. The van der Waals surface area contributed by atoms with Crippen LogP contribution in [-0.2, 0) is 9.53 Å². The molecule has 0 saturated heterocycles. The van der Waals surface area contributed by atoms with Gasteiger partial charge in [0.25, 0.3) is 0 Å². The Morgan fingerprint density at radius 2 is 1.62 bits per heavy atom. The summed E-state index contributed by atoms with van der Waals surface area (Å²) in [6, 6.07) is 10.9. The Morgan fingerprint density at radius 1 is 0.881 bits per heavy atom. The predicted octanol–water partition coefficient (Wildman–Crippen LogP) is 8.82. The molecular formula is C38H56N2O2. The summed E-state index contributed by atoms with van der Waals surface area (Å²) in [5, 5.41) is 4.99. The highest BCUT2D eigenvalue weighted by Gasteiger charge is 2.73. The number of carbonyl (C=O) groups is 1. The Bertz CT molecular complexity index is 1280. The summed E-state index contributed by atoms with van der Waals surface area (Å²) < 4.78 is 5.65. The van der Waals surface area contributed by atoms with Gasteiger partial charge in [0.05, 0.1) is 18.9 Å². The van der Waals surface area contributed by atoms with Gasteiger partial charge in [0.2, 0.25) is 0 Å². The largest absolute Gasteiger partial charge is 0.468 e. The van der Waals surface area contributed by atoms with E-state index in [9.17, 15) is 4.79 Å². The van der Waals surface area contributed by atoms with Gasteiger partial charge in [-0.2, -0.15) is 5.10 Å². The molecule has 5 aliphatic carbocycles. The highest BCUT2D eigenvalue weighted by molar-refractivity contribution is 6.09.